The average molecular weight is 261 g/mol. The van der Waals surface area contributed by atoms with E-state index in [1.165, 1.54) is 12.0 Å². The van der Waals surface area contributed by atoms with Crippen molar-refractivity contribution in [1.29, 1.82) is 0 Å². The molecule has 0 amide bonds. The Hall–Kier alpha value is -0.860. The average Bonchev–Trinajstić information content (AvgIpc) is 2.63. The van der Waals surface area contributed by atoms with Crippen LogP contribution >= 0.6 is 0 Å². The lowest BCUT2D eigenvalue weighted by Gasteiger charge is -2.27. The van der Waals surface area contributed by atoms with E-state index in [1.54, 1.807) is 0 Å². The Morgan fingerprint density at radius 1 is 1.11 bits per heavy atom. The molecular weight excluding hydrogens is 234 g/mol. The van der Waals surface area contributed by atoms with Crippen molar-refractivity contribution in [2.24, 2.45) is 0 Å². The van der Waals surface area contributed by atoms with Gasteiger partial charge in [0.15, 0.2) is 0 Å². The first-order chi connectivity index (χ1) is 9.18. The van der Waals surface area contributed by atoms with Crippen molar-refractivity contribution in [3.05, 3.63) is 35.4 Å². The van der Waals surface area contributed by atoms with Crippen LogP contribution in [0.4, 0.5) is 0 Å². The smallest absolute Gasteiger partial charge is 0.0909 e. The van der Waals surface area contributed by atoms with Gasteiger partial charge in [-0.3, -0.25) is 0 Å². The molecule has 1 unspecified atom stereocenters. The Morgan fingerprint density at radius 2 is 1.84 bits per heavy atom. The number of nitrogens with zero attached hydrogens (tertiary/aromatic N) is 1. The van der Waals surface area contributed by atoms with Gasteiger partial charge in [0.1, 0.15) is 0 Å². The molecule has 1 aliphatic rings. The second-order valence-electron chi connectivity index (χ2n) is 5.78. The third-order valence-corrected chi connectivity index (χ3v) is 4.35. The molecule has 1 aromatic rings. The van der Waals surface area contributed by atoms with Crippen molar-refractivity contribution in [1.82, 2.24) is 4.90 Å². The van der Waals surface area contributed by atoms with Gasteiger partial charge in [0, 0.05) is 6.54 Å². The van der Waals surface area contributed by atoms with Gasteiger partial charge in [0.25, 0.3) is 0 Å². The number of benzene rings is 1. The van der Waals surface area contributed by atoms with E-state index in [4.69, 9.17) is 0 Å². The van der Waals surface area contributed by atoms with Crippen LogP contribution in [-0.2, 0) is 12.0 Å². The first-order valence-electron chi connectivity index (χ1n) is 7.72. The lowest BCUT2D eigenvalue weighted by Crippen LogP contribution is -2.29. The highest BCUT2D eigenvalue weighted by Crippen LogP contribution is 2.33. The van der Waals surface area contributed by atoms with Crippen molar-refractivity contribution >= 4 is 0 Å². The van der Waals surface area contributed by atoms with Gasteiger partial charge in [-0.1, -0.05) is 38.1 Å². The molecule has 0 saturated carbocycles. The summed E-state index contributed by atoms with van der Waals surface area (Å²) < 4.78 is 0. The lowest BCUT2D eigenvalue weighted by molar-refractivity contribution is 0.0212. The van der Waals surface area contributed by atoms with Crippen molar-refractivity contribution in [2.45, 2.75) is 51.6 Å². The molecule has 1 aromatic carbocycles. The van der Waals surface area contributed by atoms with Crippen LogP contribution in [0.5, 0.6) is 0 Å². The quantitative estimate of drug-likeness (QED) is 0.898. The van der Waals surface area contributed by atoms with Crippen LogP contribution in [0, 0.1) is 0 Å². The van der Waals surface area contributed by atoms with E-state index in [0.717, 1.165) is 50.9 Å². The highest BCUT2D eigenvalue weighted by Gasteiger charge is 2.31. The van der Waals surface area contributed by atoms with Gasteiger partial charge >= 0.3 is 0 Å². The number of likely N-dealkylation sites (tertiary alicyclic amines) is 1. The summed E-state index contributed by atoms with van der Waals surface area (Å²) >= 11 is 0. The van der Waals surface area contributed by atoms with Crippen molar-refractivity contribution in [2.75, 3.05) is 19.6 Å². The van der Waals surface area contributed by atoms with E-state index in [-0.39, 0.29) is 0 Å². The van der Waals surface area contributed by atoms with E-state index >= 15 is 0 Å². The molecule has 106 valence electrons. The molecule has 2 rings (SSSR count). The van der Waals surface area contributed by atoms with Crippen molar-refractivity contribution < 1.29 is 5.11 Å². The highest BCUT2D eigenvalue weighted by molar-refractivity contribution is 5.27. The molecule has 1 fully saturated rings. The minimum absolute atomic E-state index is 0.616. The third-order valence-electron chi connectivity index (χ3n) is 4.35. The predicted molar refractivity (Wildman–Crippen MR) is 80.3 cm³/mol. The standard InChI is InChI=1S/C17H27NO/c1-3-12-18-13-5-10-17(19,11-14-18)16-8-6-15(4-2)7-9-16/h6-9,19H,3-5,10-14H2,1-2H3. The Kier molecular flexibility index (Phi) is 5.00. The van der Waals surface area contributed by atoms with Crippen LogP contribution in [0.3, 0.4) is 0 Å². The van der Waals surface area contributed by atoms with Gasteiger partial charge in [-0.15, -0.1) is 0 Å². The molecule has 1 saturated heterocycles. The number of aryl methyl sites for hydroxylation is 1. The van der Waals surface area contributed by atoms with E-state index in [9.17, 15) is 5.11 Å². The van der Waals surface area contributed by atoms with Gasteiger partial charge in [0.2, 0.25) is 0 Å². The number of hydrogen-bond acceptors (Lipinski definition) is 2. The maximum absolute atomic E-state index is 10.9. The molecule has 0 radical (unpaired) electrons. The molecule has 0 bridgehead atoms. The minimum Gasteiger partial charge on any atom is -0.385 e. The van der Waals surface area contributed by atoms with E-state index < -0.39 is 5.60 Å². The summed E-state index contributed by atoms with van der Waals surface area (Å²) in [5.74, 6) is 0. The second-order valence-corrected chi connectivity index (χ2v) is 5.78. The summed E-state index contributed by atoms with van der Waals surface area (Å²) in [7, 11) is 0. The summed E-state index contributed by atoms with van der Waals surface area (Å²) in [5, 5.41) is 10.9. The number of aliphatic hydroxyl groups is 1. The normalized spacial score (nSPS) is 25.2. The monoisotopic (exact) mass is 261 g/mol. The molecule has 19 heavy (non-hydrogen) atoms. The zero-order valence-electron chi connectivity index (χ0n) is 12.4. The fourth-order valence-electron chi connectivity index (χ4n) is 3.05. The zero-order valence-corrected chi connectivity index (χ0v) is 12.4. The van der Waals surface area contributed by atoms with Crippen LogP contribution in [0.1, 0.15) is 50.7 Å². The van der Waals surface area contributed by atoms with Gasteiger partial charge in [-0.25, -0.2) is 0 Å². The van der Waals surface area contributed by atoms with E-state index in [0.29, 0.717) is 0 Å². The van der Waals surface area contributed by atoms with Crippen molar-refractivity contribution in [3.63, 3.8) is 0 Å². The number of rotatable bonds is 4. The topological polar surface area (TPSA) is 23.5 Å². The summed E-state index contributed by atoms with van der Waals surface area (Å²) in [6, 6.07) is 8.55. The molecular formula is C17H27NO. The predicted octanol–water partition coefficient (Wildman–Crippen LogP) is 3.33. The molecule has 1 atom stereocenters. The van der Waals surface area contributed by atoms with Crippen LogP contribution in [0.25, 0.3) is 0 Å². The Morgan fingerprint density at radius 3 is 2.47 bits per heavy atom. The zero-order chi connectivity index (χ0) is 13.7. The van der Waals surface area contributed by atoms with Gasteiger partial charge < -0.3 is 10.0 Å². The fraction of sp³-hybridized carbons (Fsp3) is 0.647. The maximum Gasteiger partial charge on any atom is 0.0909 e. The minimum atomic E-state index is -0.616. The van der Waals surface area contributed by atoms with Gasteiger partial charge in [-0.2, -0.15) is 0 Å². The first-order valence-corrected chi connectivity index (χ1v) is 7.72. The van der Waals surface area contributed by atoms with Gasteiger partial charge in [-0.05, 0) is 56.3 Å². The highest BCUT2D eigenvalue weighted by atomic mass is 16.3. The maximum atomic E-state index is 10.9. The Labute approximate surface area is 117 Å². The summed E-state index contributed by atoms with van der Waals surface area (Å²) in [6.07, 6.45) is 5.09. The molecule has 0 aliphatic carbocycles. The Bertz CT molecular complexity index is 387. The van der Waals surface area contributed by atoms with Crippen LogP contribution in [-0.4, -0.2) is 29.6 Å². The molecule has 0 aromatic heterocycles. The lowest BCUT2D eigenvalue weighted by atomic mass is 9.86. The summed E-state index contributed by atoms with van der Waals surface area (Å²) in [4.78, 5) is 2.48. The first kappa shape index (κ1) is 14.5. The largest absolute Gasteiger partial charge is 0.385 e. The molecule has 1 heterocycles. The SMILES string of the molecule is CCCN1CCCC(O)(c2ccc(CC)cc2)CC1. The third kappa shape index (κ3) is 3.58. The molecule has 2 heteroatoms. The summed E-state index contributed by atoms with van der Waals surface area (Å²) in [6.45, 7) is 7.69. The Balaban J connectivity index is 2.08. The van der Waals surface area contributed by atoms with E-state index in [2.05, 4.69) is 43.0 Å². The van der Waals surface area contributed by atoms with E-state index in [1.807, 2.05) is 0 Å². The fourth-order valence-corrected chi connectivity index (χ4v) is 3.05. The molecule has 1 N–H and O–H groups in total. The summed E-state index contributed by atoms with van der Waals surface area (Å²) in [5.41, 5.74) is 1.83. The molecule has 1 aliphatic heterocycles. The van der Waals surface area contributed by atoms with Crippen molar-refractivity contribution in [3.8, 4) is 0 Å². The van der Waals surface area contributed by atoms with Crippen LogP contribution < -0.4 is 0 Å². The molecule has 2 nitrogen and oxygen atoms in total. The van der Waals surface area contributed by atoms with Crippen LogP contribution in [0.15, 0.2) is 24.3 Å². The molecule has 0 spiro atoms. The van der Waals surface area contributed by atoms with Crippen LogP contribution in [0.2, 0.25) is 0 Å². The van der Waals surface area contributed by atoms with Gasteiger partial charge in [0.05, 0.1) is 5.60 Å². The second kappa shape index (κ2) is 6.53. The number of hydrogen-bond donors (Lipinski definition) is 1.